The fourth-order valence-electron chi connectivity index (χ4n) is 3.41. The average molecular weight is 588 g/mol. The quantitative estimate of drug-likeness (QED) is 0.187. The van der Waals surface area contributed by atoms with E-state index in [-0.39, 0.29) is 56.8 Å². The Morgan fingerprint density at radius 1 is 1.15 bits per heavy atom. The number of aromatic nitrogens is 3. The van der Waals surface area contributed by atoms with Crippen molar-refractivity contribution in [3.8, 4) is 5.88 Å². The van der Waals surface area contributed by atoms with Crippen molar-refractivity contribution in [3.63, 3.8) is 0 Å². The van der Waals surface area contributed by atoms with Crippen LogP contribution < -0.4 is 67.2 Å². The smallest absolute Gasteiger partial charge is 0.472 e. The second-order valence-electron chi connectivity index (χ2n) is 10.6. The average Bonchev–Trinajstić information content (AvgIpc) is 3.11. The Bertz CT molecular complexity index is 1060. The van der Waals surface area contributed by atoms with Gasteiger partial charge in [0.05, 0.1) is 0 Å². The molecule has 0 unspecified atom stereocenters. The van der Waals surface area contributed by atoms with Crippen LogP contribution in [0.5, 0.6) is 5.88 Å². The molecule has 0 saturated heterocycles. The van der Waals surface area contributed by atoms with Crippen LogP contribution in [0.2, 0.25) is 0 Å². The molecule has 1 fully saturated rings. The predicted molar refractivity (Wildman–Crippen MR) is 165 cm³/mol. The summed E-state index contributed by atoms with van der Waals surface area (Å²) in [6, 6.07) is 7.23. The minimum atomic E-state index is -1.45. The fourth-order valence-corrected chi connectivity index (χ4v) is 3.41. The van der Waals surface area contributed by atoms with E-state index in [0.29, 0.717) is 36.1 Å². The van der Waals surface area contributed by atoms with E-state index in [0.717, 1.165) is 11.1 Å². The van der Waals surface area contributed by atoms with E-state index >= 15 is 0 Å². The zero-order chi connectivity index (χ0) is 30.0. The molecule has 6 nitrogen and oxygen atoms in total. The third-order valence-electron chi connectivity index (χ3n) is 5.97. The van der Waals surface area contributed by atoms with Gasteiger partial charge >= 0.3 is 51.4 Å². The second kappa shape index (κ2) is 20.9. The van der Waals surface area contributed by atoms with Crippen molar-refractivity contribution in [3.05, 3.63) is 104 Å². The van der Waals surface area contributed by atoms with Crippen LogP contribution in [0.3, 0.4) is 0 Å². The van der Waals surface area contributed by atoms with Crippen LogP contribution in [-0.4, -0.2) is 27.5 Å². The Morgan fingerprint density at radius 2 is 1.78 bits per heavy atom. The molecule has 0 atom stereocenters. The van der Waals surface area contributed by atoms with E-state index < -0.39 is 5.67 Å². The first-order valence-corrected chi connectivity index (χ1v) is 13.7. The molecule has 1 aliphatic carbocycles. The minimum absolute atomic E-state index is 0. The topological polar surface area (TPSA) is 86.0 Å². The van der Waals surface area contributed by atoms with Crippen molar-refractivity contribution < 1.29 is 60.5 Å². The molecular weight excluding hydrogens is 540 g/mol. The number of hydrogen-bond acceptors (Lipinski definition) is 6. The van der Waals surface area contributed by atoms with Gasteiger partial charge in [-0.2, -0.15) is 12.1 Å². The molecule has 0 bridgehead atoms. The molecule has 0 aromatic carbocycles. The van der Waals surface area contributed by atoms with Crippen LogP contribution in [0.4, 0.5) is 10.2 Å². The molecule has 0 amide bonds. The summed E-state index contributed by atoms with van der Waals surface area (Å²) >= 11 is 0. The van der Waals surface area contributed by atoms with E-state index in [2.05, 4.69) is 53.7 Å². The molecule has 1 saturated carbocycles. The summed E-state index contributed by atoms with van der Waals surface area (Å²) in [6.07, 6.45) is 17.7. The molecule has 0 spiro atoms. The third-order valence-corrected chi connectivity index (χ3v) is 5.97. The van der Waals surface area contributed by atoms with Gasteiger partial charge in [-0.3, -0.25) is 5.41 Å². The van der Waals surface area contributed by atoms with Crippen LogP contribution in [0.1, 0.15) is 71.8 Å². The SMILES string of the molecule is C=C(/C=C\C(=C/C)COc1ccc(NCc2cc[c-]nc2)nn1)C(C)(C)F.C=C(C)N.[CH2-]C1([CH2-])CCCCCC1.[K+]. The normalized spacial score (nSPS) is 14.7. The van der Waals surface area contributed by atoms with E-state index in [1.807, 2.05) is 19.1 Å². The molecule has 41 heavy (non-hydrogen) atoms. The summed E-state index contributed by atoms with van der Waals surface area (Å²) in [5, 5.41) is 11.3. The molecule has 3 N–H and O–H groups in total. The monoisotopic (exact) mass is 587 g/mol. The van der Waals surface area contributed by atoms with Gasteiger partial charge in [0.2, 0.25) is 5.88 Å². The zero-order valence-electron chi connectivity index (χ0n) is 25.8. The third kappa shape index (κ3) is 19.8. The van der Waals surface area contributed by atoms with E-state index in [4.69, 9.17) is 10.5 Å². The largest absolute Gasteiger partial charge is 1.00 e. The summed E-state index contributed by atoms with van der Waals surface area (Å²) in [4.78, 5) is 3.94. The number of halogens is 1. The van der Waals surface area contributed by atoms with E-state index in [1.54, 1.807) is 43.5 Å². The van der Waals surface area contributed by atoms with Gasteiger partial charge in [0, 0.05) is 12.6 Å². The van der Waals surface area contributed by atoms with Gasteiger partial charge in [-0.25, -0.2) is 4.39 Å². The summed E-state index contributed by atoms with van der Waals surface area (Å²) in [5.41, 5.74) is 6.62. The van der Waals surface area contributed by atoms with Crippen LogP contribution >= 0.6 is 0 Å². The van der Waals surface area contributed by atoms with Crippen molar-refractivity contribution >= 4 is 5.82 Å². The number of nitrogens with one attached hydrogen (secondary N) is 1. The number of alkyl halides is 1. The summed E-state index contributed by atoms with van der Waals surface area (Å²) < 4.78 is 19.4. The Kier molecular flexibility index (Phi) is 20.0. The number of ether oxygens (including phenoxy) is 1. The van der Waals surface area contributed by atoms with Gasteiger partial charge in [-0.05, 0) is 50.6 Å². The number of anilines is 1. The standard InChI is InChI=1S/C21H24FN4O.C9H16.C3H7N.K/c1-5-17(9-8-16(2)21(3,4)22)15-27-20-11-10-19(25-26-20)24-14-18-7-6-12-23-13-18;1-9(2)7-5-3-4-6-8-9;1-3(2)4;/h5-11,13H,2,14-15H2,1,3-4H3,(H,24,25);1-8H2;1,4H2,2H3;/q-1;-2;;+1/b9-8-,17-5+;;;. The van der Waals surface area contributed by atoms with Gasteiger partial charge in [0.15, 0.2) is 0 Å². The number of nitrogens with zero attached hydrogens (tertiary/aromatic N) is 3. The van der Waals surface area contributed by atoms with Crippen molar-refractivity contribution in [1.29, 1.82) is 0 Å². The summed E-state index contributed by atoms with van der Waals surface area (Å²) in [7, 11) is 0. The zero-order valence-corrected chi connectivity index (χ0v) is 28.9. The first-order valence-electron chi connectivity index (χ1n) is 13.7. The molecule has 2 heterocycles. The second-order valence-corrected chi connectivity index (χ2v) is 10.6. The molecule has 2 aromatic heterocycles. The van der Waals surface area contributed by atoms with E-state index in [9.17, 15) is 4.39 Å². The number of hydrogen-bond donors (Lipinski definition) is 2. The van der Waals surface area contributed by atoms with Gasteiger partial charge in [-0.1, -0.05) is 69.5 Å². The van der Waals surface area contributed by atoms with Crippen LogP contribution in [0, 0.1) is 25.5 Å². The molecule has 220 valence electrons. The van der Waals surface area contributed by atoms with Crippen LogP contribution in [0.25, 0.3) is 0 Å². The van der Waals surface area contributed by atoms with Crippen molar-refractivity contribution in [2.75, 3.05) is 11.9 Å². The molecular formula is C33H47FKN5O-2. The Morgan fingerprint density at radius 3 is 2.27 bits per heavy atom. The van der Waals surface area contributed by atoms with Crippen molar-refractivity contribution in [1.82, 2.24) is 15.2 Å². The maximum atomic E-state index is 13.8. The molecule has 8 heteroatoms. The Balaban J connectivity index is 0.000000945. The minimum Gasteiger partial charge on any atom is -0.472 e. The molecule has 1 aliphatic rings. The van der Waals surface area contributed by atoms with Crippen molar-refractivity contribution in [2.45, 2.75) is 78.4 Å². The maximum absolute atomic E-state index is 13.8. The Hall–Kier alpha value is -1.84. The number of allylic oxidation sites excluding steroid dienone is 4. The van der Waals surface area contributed by atoms with Gasteiger partial charge in [0.25, 0.3) is 0 Å². The number of pyridine rings is 1. The van der Waals surface area contributed by atoms with Gasteiger partial charge in [0.1, 0.15) is 18.1 Å². The molecule has 0 radical (unpaired) electrons. The van der Waals surface area contributed by atoms with Gasteiger partial charge in [-0.15, -0.1) is 28.6 Å². The van der Waals surface area contributed by atoms with Crippen molar-refractivity contribution in [2.24, 2.45) is 11.1 Å². The summed E-state index contributed by atoms with van der Waals surface area (Å²) in [5.74, 6) is 1.05. The number of nitrogens with two attached hydrogens (primary N) is 1. The molecule has 0 aliphatic heterocycles. The molecule has 3 rings (SSSR count). The predicted octanol–water partition coefficient (Wildman–Crippen LogP) is 4.95. The Labute approximate surface area is 290 Å². The van der Waals surface area contributed by atoms with E-state index in [1.165, 1.54) is 52.4 Å². The maximum Gasteiger partial charge on any atom is 1.00 e. The first kappa shape index (κ1) is 39.2. The number of rotatable bonds is 9. The summed E-state index contributed by atoms with van der Waals surface area (Å²) in [6.45, 7) is 22.7. The molecule has 2 aromatic rings. The van der Waals surface area contributed by atoms with Gasteiger partial charge < -0.3 is 34.6 Å². The fraction of sp³-hybridized carbons (Fsp3) is 0.424. The van der Waals surface area contributed by atoms with Crippen LogP contribution in [-0.2, 0) is 6.54 Å². The first-order chi connectivity index (χ1) is 18.8. The van der Waals surface area contributed by atoms with Crippen LogP contribution in [0.15, 0.2) is 78.7 Å².